The molecule has 0 radical (unpaired) electrons. The van der Waals surface area contributed by atoms with Crippen LogP contribution in [0.1, 0.15) is 5.56 Å². The Morgan fingerprint density at radius 2 is 1.69 bits per heavy atom. The van der Waals surface area contributed by atoms with Crippen LogP contribution in [-0.2, 0) is 21.4 Å². The second-order valence-electron chi connectivity index (χ2n) is 7.22. The summed E-state index contributed by atoms with van der Waals surface area (Å²) in [6.07, 6.45) is 0. The van der Waals surface area contributed by atoms with Crippen molar-refractivity contribution in [3.63, 3.8) is 0 Å². The molecular weight excluding hydrogens is 477 g/mol. The van der Waals surface area contributed by atoms with Gasteiger partial charge in [0.15, 0.2) is 11.5 Å². The summed E-state index contributed by atoms with van der Waals surface area (Å²) < 4.78 is 37.7. The molecule has 1 fully saturated rings. The Kier molecular flexibility index (Phi) is 8.24. The van der Waals surface area contributed by atoms with E-state index in [9.17, 15) is 13.2 Å². The molecule has 8 nitrogen and oxygen atoms in total. The van der Waals surface area contributed by atoms with Crippen LogP contribution in [-0.4, -0.2) is 70.5 Å². The summed E-state index contributed by atoms with van der Waals surface area (Å²) in [6.45, 7) is 1.91. The first kappa shape index (κ1) is 24.6. The number of halogens is 2. The van der Waals surface area contributed by atoms with Gasteiger partial charge in [0.25, 0.3) is 0 Å². The lowest BCUT2D eigenvalue weighted by molar-refractivity contribution is -0.122. The Balaban J connectivity index is 1.51. The molecule has 0 atom stereocenters. The molecule has 0 bridgehead atoms. The highest BCUT2D eigenvalue weighted by Gasteiger charge is 2.30. The zero-order valence-electron chi connectivity index (χ0n) is 17.8. The maximum Gasteiger partial charge on any atom is 0.244 e. The number of carbonyl (C=O) groups is 1. The van der Waals surface area contributed by atoms with Crippen molar-refractivity contribution in [1.82, 2.24) is 14.5 Å². The number of nitrogens with one attached hydrogen (secondary N) is 1. The molecule has 1 saturated heterocycles. The van der Waals surface area contributed by atoms with E-state index in [0.717, 1.165) is 5.56 Å². The number of carbonyl (C=O) groups excluding carboxylic acids is 1. The quantitative estimate of drug-likeness (QED) is 0.597. The molecular formula is C21H25Cl2N3O5S. The van der Waals surface area contributed by atoms with Gasteiger partial charge in [0.1, 0.15) is 4.90 Å². The number of hydrogen-bond donors (Lipinski definition) is 1. The van der Waals surface area contributed by atoms with Crippen molar-refractivity contribution in [2.75, 3.05) is 46.9 Å². The third kappa shape index (κ3) is 5.85. The van der Waals surface area contributed by atoms with Gasteiger partial charge in [-0.25, -0.2) is 8.42 Å². The summed E-state index contributed by atoms with van der Waals surface area (Å²) in [5.41, 5.74) is 0.880. The van der Waals surface area contributed by atoms with Crippen LogP contribution in [0.3, 0.4) is 0 Å². The second-order valence-corrected chi connectivity index (χ2v) is 9.97. The Morgan fingerprint density at radius 3 is 2.34 bits per heavy atom. The average Bonchev–Trinajstić information content (AvgIpc) is 2.79. The molecule has 2 aromatic rings. The molecule has 0 aromatic heterocycles. The number of piperazine rings is 1. The van der Waals surface area contributed by atoms with E-state index in [2.05, 4.69) is 5.32 Å². The van der Waals surface area contributed by atoms with Crippen LogP contribution in [0.4, 0.5) is 0 Å². The van der Waals surface area contributed by atoms with E-state index in [0.29, 0.717) is 36.2 Å². The molecule has 11 heteroatoms. The number of sulfonamides is 1. The summed E-state index contributed by atoms with van der Waals surface area (Å²) in [5.74, 6) is 1.07. The number of nitrogens with zero attached hydrogens (tertiary/aromatic N) is 2. The predicted octanol–water partition coefficient (Wildman–Crippen LogP) is 2.63. The van der Waals surface area contributed by atoms with Crippen molar-refractivity contribution >= 4 is 39.1 Å². The predicted molar refractivity (Wildman–Crippen MR) is 123 cm³/mol. The van der Waals surface area contributed by atoms with E-state index >= 15 is 0 Å². The normalized spacial score (nSPS) is 15.4. The van der Waals surface area contributed by atoms with Gasteiger partial charge in [0.2, 0.25) is 15.9 Å². The van der Waals surface area contributed by atoms with Crippen LogP contribution in [0, 0.1) is 0 Å². The van der Waals surface area contributed by atoms with Gasteiger partial charge in [-0.05, 0) is 35.9 Å². The molecule has 174 valence electrons. The lowest BCUT2D eigenvalue weighted by Crippen LogP contribution is -2.51. The molecule has 3 rings (SSSR count). The Labute approximate surface area is 198 Å². The van der Waals surface area contributed by atoms with Gasteiger partial charge in [-0.1, -0.05) is 29.3 Å². The minimum Gasteiger partial charge on any atom is -0.493 e. The number of benzene rings is 2. The third-order valence-corrected chi connectivity index (χ3v) is 7.76. The first-order valence-electron chi connectivity index (χ1n) is 9.89. The first-order valence-corrected chi connectivity index (χ1v) is 12.1. The van der Waals surface area contributed by atoms with Gasteiger partial charge in [0, 0.05) is 37.7 Å². The summed E-state index contributed by atoms with van der Waals surface area (Å²) >= 11 is 12.0. The number of ether oxygens (including phenoxy) is 2. The molecule has 1 N–H and O–H groups in total. The molecule has 0 unspecified atom stereocenters. The van der Waals surface area contributed by atoms with Crippen molar-refractivity contribution in [3.05, 3.63) is 52.0 Å². The topological polar surface area (TPSA) is 88.2 Å². The van der Waals surface area contributed by atoms with E-state index in [-0.39, 0.29) is 35.5 Å². The highest BCUT2D eigenvalue weighted by Crippen LogP contribution is 2.29. The molecule has 32 heavy (non-hydrogen) atoms. The van der Waals surface area contributed by atoms with Gasteiger partial charge in [-0.3, -0.25) is 9.69 Å². The molecule has 1 aliphatic rings. The molecule has 0 aliphatic carbocycles. The van der Waals surface area contributed by atoms with Crippen LogP contribution in [0.25, 0.3) is 0 Å². The summed E-state index contributed by atoms with van der Waals surface area (Å²) in [5, 5.41) is 3.31. The third-order valence-electron chi connectivity index (χ3n) is 5.15. The van der Waals surface area contributed by atoms with E-state index in [1.165, 1.54) is 16.4 Å². The molecule has 1 aliphatic heterocycles. The van der Waals surface area contributed by atoms with Crippen molar-refractivity contribution in [3.8, 4) is 11.5 Å². The number of hydrogen-bond acceptors (Lipinski definition) is 6. The highest BCUT2D eigenvalue weighted by molar-refractivity contribution is 7.89. The lowest BCUT2D eigenvalue weighted by Gasteiger charge is -2.33. The SMILES string of the molecule is COc1ccc(CNC(=O)CN2CCN(S(=O)(=O)c3cc(Cl)ccc3Cl)CC2)cc1OC. The fraction of sp³-hybridized carbons (Fsp3) is 0.381. The molecule has 0 saturated carbocycles. The second kappa shape index (κ2) is 10.7. The standard InChI is InChI=1S/C21H25Cl2N3O5S/c1-30-18-6-3-15(11-19(18)31-2)13-24-21(27)14-25-7-9-26(10-8-25)32(28,29)20-12-16(22)4-5-17(20)23/h3-6,11-12H,7-10,13-14H2,1-2H3,(H,24,27). The fourth-order valence-corrected chi connectivity index (χ4v) is 5.55. The van der Waals surface area contributed by atoms with Crippen LogP contribution in [0.15, 0.2) is 41.3 Å². The van der Waals surface area contributed by atoms with Crippen LogP contribution in [0.5, 0.6) is 11.5 Å². The number of methoxy groups -OCH3 is 2. The number of rotatable bonds is 8. The van der Waals surface area contributed by atoms with Crippen LogP contribution < -0.4 is 14.8 Å². The Hall–Kier alpha value is -2.04. The van der Waals surface area contributed by atoms with Crippen molar-refractivity contribution in [1.29, 1.82) is 0 Å². The lowest BCUT2D eigenvalue weighted by atomic mass is 10.2. The van der Waals surface area contributed by atoms with Gasteiger partial charge in [-0.2, -0.15) is 4.31 Å². The average molecular weight is 502 g/mol. The van der Waals surface area contributed by atoms with E-state index in [4.69, 9.17) is 32.7 Å². The summed E-state index contributed by atoms with van der Waals surface area (Å²) in [6, 6.07) is 9.81. The smallest absolute Gasteiger partial charge is 0.244 e. The largest absolute Gasteiger partial charge is 0.493 e. The first-order chi connectivity index (χ1) is 15.2. The van der Waals surface area contributed by atoms with Crippen LogP contribution in [0.2, 0.25) is 10.0 Å². The molecule has 2 aromatic carbocycles. The van der Waals surface area contributed by atoms with Crippen molar-refractivity contribution in [2.24, 2.45) is 0 Å². The zero-order valence-corrected chi connectivity index (χ0v) is 20.1. The molecule has 0 spiro atoms. The van der Waals surface area contributed by atoms with Gasteiger partial charge in [0.05, 0.1) is 25.8 Å². The van der Waals surface area contributed by atoms with E-state index < -0.39 is 10.0 Å². The minimum absolute atomic E-state index is 0.00669. The van der Waals surface area contributed by atoms with E-state index in [1.807, 2.05) is 17.0 Å². The fourth-order valence-electron chi connectivity index (χ4n) is 3.39. The van der Waals surface area contributed by atoms with Crippen LogP contribution >= 0.6 is 23.2 Å². The Morgan fingerprint density at radius 1 is 1.00 bits per heavy atom. The van der Waals surface area contributed by atoms with Gasteiger partial charge >= 0.3 is 0 Å². The molecule has 1 heterocycles. The molecule has 1 amide bonds. The van der Waals surface area contributed by atoms with Gasteiger partial charge < -0.3 is 14.8 Å². The summed E-state index contributed by atoms with van der Waals surface area (Å²) in [4.78, 5) is 14.3. The maximum absolute atomic E-state index is 12.9. The highest BCUT2D eigenvalue weighted by atomic mass is 35.5. The monoisotopic (exact) mass is 501 g/mol. The minimum atomic E-state index is -3.76. The number of amides is 1. The Bertz CT molecular complexity index is 1070. The van der Waals surface area contributed by atoms with E-state index in [1.54, 1.807) is 26.4 Å². The van der Waals surface area contributed by atoms with Crippen molar-refractivity contribution in [2.45, 2.75) is 11.4 Å². The summed E-state index contributed by atoms with van der Waals surface area (Å²) in [7, 11) is -0.639. The maximum atomic E-state index is 12.9. The zero-order chi connectivity index (χ0) is 23.3. The van der Waals surface area contributed by atoms with Crippen molar-refractivity contribution < 1.29 is 22.7 Å². The van der Waals surface area contributed by atoms with Gasteiger partial charge in [-0.15, -0.1) is 0 Å².